The van der Waals surface area contributed by atoms with E-state index in [2.05, 4.69) is 4.98 Å². The average Bonchev–Trinajstić information content (AvgIpc) is 2.67. The van der Waals surface area contributed by atoms with Crippen molar-refractivity contribution in [3.8, 4) is 23.1 Å². The van der Waals surface area contributed by atoms with Gasteiger partial charge in [0.05, 0.1) is 27.9 Å². The molecule has 1 heterocycles. The molecule has 0 unspecified atom stereocenters. The summed E-state index contributed by atoms with van der Waals surface area (Å²) in [4.78, 5) is 18.5. The van der Waals surface area contributed by atoms with Gasteiger partial charge in [-0.1, -0.05) is 0 Å². The summed E-state index contributed by atoms with van der Waals surface area (Å²) in [6.45, 7) is 2.61. The van der Waals surface area contributed by atoms with Crippen molar-refractivity contribution in [1.82, 2.24) is 9.88 Å². The lowest BCUT2D eigenvalue weighted by Crippen LogP contribution is -2.27. The Morgan fingerprint density at radius 1 is 1.08 bits per heavy atom. The van der Waals surface area contributed by atoms with E-state index in [1.54, 1.807) is 57.7 Å². The molecule has 0 aliphatic heterocycles. The van der Waals surface area contributed by atoms with E-state index in [1.165, 1.54) is 0 Å². The fourth-order valence-electron chi connectivity index (χ4n) is 2.63. The molecule has 7 heteroatoms. The molecule has 0 radical (unpaired) electrons. The molecule has 0 saturated heterocycles. The number of methoxy groups -OCH3 is 3. The van der Waals surface area contributed by atoms with Crippen LogP contribution in [0.1, 0.15) is 22.8 Å². The smallest absolute Gasteiger partial charge is 0.259 e. The van der Waals surface area contributed by atoms with Crippen LogP contribution in [0, 0.1) is 0 Å². The van der Waals surface area contributed by atoms with Gasteiger partial charge in [-0.3, -0.25) is 4.79 Å². The van der Waals surface area contributed by atoms with Crippen LogP contribution in [-0.4, -0.2) is 50.8 Å². The van der Waals surface area contributed by atoms with Gasteiger partial charge in [-0.2, -0.15) is 0 Å². The number of hydrogen-bond acceptors (Lipinski definition) is 6. The molecule has 2 rings (SSSR count). The van der Waals surface area contributed by atoms with Crippen LogP contribution in [0.25, 0.3) is 0 Å². The molecule has 0 N–H and O–H groups in total. The van der Waals surface area contributed by atoms with Crippen LogP contribution in [0.5, 0.6) is 23.1 Å². The van der Waals surface area contributed by atoms with Crippen molar-refractivity contribution < 1.29 is 23.7 Å². The van der Waals surface area contributed by atoms with Gasteiger partial charge in [0.25, 0.3) is 5.91 Å². The van der Waals surface area contributed by atoms with E-state index in [-0.39, 0.29) is 5.91 Å². The monoisotopic (exact) mass is 360 g/mol. The molecule has 0 fully saturated rings. The van der Waals surface area contributed by atoms with Gasteiger partial charge in [0.15, 0.2) is 11.5 Å². The molecule has 0 aliphatic carbocycles. The molecule has 1 amide bonds. The molecule has 7 nitrogen and oxygen atoms in total. The highest BCUT2D eigenvalue weighted by Crippen LogP contribution is 2.40. The molecule has 0 bridgehead atoms. The highest BCUT2D eigenvalue weighted by Gasteiger charge is 2.21. The first-order valence-corrected chi connectivity index (χ1v) is 8.18. The molecule has 2 aromatic rings. The molecule has 1 aromatic carbocycles. The Hall–Kier alpha value is -2.96. The third-order valence-electron chi connectivity index (χ3n) is 3.82. The molecule has 0 saturated carbocycles. The second-order valence-electron chi connectivity index (χ2n) is 5.44. The summed E-state index contributed by atoms with van der Waals surface area (Å²) < 4.78 is 21.6. The zero-order chi connectivity index (χ0) is 19.1. The van der Waals surface area contributed by atoms with Gasteiger partial charge in [-0.25, -0.2) is 4.98 Å². The van der Waals surface area contributed by atoms with Gasteiger partial charge in [0.2, 0.25) is 11.6 Å². The number of benzene rings is 1. The minimum Gasteiger partial charge on any atom is -0.493 e. The van der Waals surface area contributed by atoms with Crippen molar-refractivity contribution in [2.45, 2.75) is 13.5 Å². The summed E-state index contributed by atoms with van der Waals surface area (Å²) in [5.41, 5.74) is 1.21. The number of hydrogen-bond donors (Lipinski definition) is 0. The molecule has 1 aromatic heterocycles. The van der Waals surface area contributed by atoms with Gasteiger partial charge in [-0.05, 0) is 31.2 Å². The van der Waals surface area contributed by atoms with Gasteiger partial charge in [-0.15, -0.1) is 0 Å². The number of carbonyl (C=O) groups is 1. The highest BCUT2D eigenvalue weighted by atomic mass is 16.5. The van der Waals surface area contributed by atoms with E-state index in [1.807, 2.05) is 13.0 Å². The Labute approximate surface area is 153 Å². The fraction of sp³-hybridized carbons (Fsp3) is 0.368. The van der Waals surface area contributed by atoms with Crippen LogP contribution in [0.4, 0.5) is 0 Å². The van der Waals surface area contributed by atoms with Crippen molar-refractivity contribution in [1.29, 1.82) is 0 Å². The molecular formula is C19H24N2O5. The third kappa shape index (κ3) is 3.99. The summed E-state index contributed by atoms with van der Waals surface area (Å²) in [6, 6.07) is 7.03. The summed E-state index contributed by atoms with van der Waals surface area (Å²) in [6.07, 6.45) is 1.60. The maximum Gasteiger partial charge on any atom is 0.259 e. The van der Waals surface area contributed by atoms with E-state index >= 15 is 0 Å². The standard InChI is InChI=1S/C19H24N2O5/c1-6-26-18-14(8-7-11-20-18)19(22)21(2)12-13-9-10-15(23-3)17(25-5)16(13)24-4/h7-11H,6,12H2,1-5H3. The SMILES string of the molecule is CCOc1ncccc1C(=O)N(C)Cc1ccc(OC)c(OC)c1OC. The lowest BCUT2D eigenvalue weighted by molar-refractivity contribution is 0.0779. The van der Waals surface area contributed by atoms with Crippen molar-refractivity contribution >= 4 is 5.91 Å². The number of rotatable bonds is 8. The summed E-state index contributed by atoms with van der Waals surface area (Å²) in [5, 5.41) is 0. The number of carbonyl (C=O) groups excluding carboxylic acids is 1. The molecule has 0 spiro atoms. The zero-order valence-electron chi connectivity index (χ0n) is 15.7. The van der Waals surface area contributed by atoms with Crippen molar-refractivity contribution in [2.24, 2.45) is 0 Å². The van der Waals surface area contributed by atoms with Gasteiger partial charge >= 0.3 is 0 Å². The lowest BCUT2D eigenvalue weighted by atomic mass is 10.1. The van der Waals surface area contributed by atoms with Crippen LogP contribution in [0.2, 0.25) is 0 Å². The quantitative estimate of drug-likeness (QED) is 0.721. The van der Waals surface area contributed by atoms with Crippen LogP contribution >= 0.6 is 0 Å². The molecule has 0 aliphatic rings. The molecule has 0 atom stereocenters. The maximum atomic E-state index is 12.8. The zero-order valence-corrected chi connectivity index (χ0v) is 15.7. The lowest BCUT2D eigenvalue weighted by Gasteiger charge is -2.21. The van der Waals surface area contributed by atoms with Crippen LogP contribution in [0.3, 0.4) is 0 Å². The van der Waals surface area contributed by atoms with Crippen LogP contribution in [0.15, 0.2) is 30.5 Å². The molecule has 26 heavy (non-hydrogen) atoms. The average molecular weight is 360 g/mol. The first-order chi connectivity index (χ1) is 12.6. The van der Waals surface area contributed by atoms with Crippen LogP contribution in [-0.2, 0) is 6.54 Å². The van der Waals surface area contributed by atoms with Crippen LogP contribution < -0.4 is 18.9 Å². The predicted molar refractivity (Wildman–Crippen MR) is 97.3 cm³/mol. The number of pyridine rings is 1. The number of amides is 1. The summed E-state index contributed by atoms with van der Waals surface area (Å²) in [7, 11) is 6.37. The normalized spacial score (nSPS) is 10.2. The van der Waals surface area contributed by atoms with E-state index < -0.39 is 0 Å². The van der Waals surface area contributed by atoms with Crippen molar-refractivity contribution in [3.63, 3.8) is 0 Å². The van der Waals surface area contributed by atoms with Crippen molar-refractivity contribution in [2.75, 3.05) is 35.0 Å². The minimum atomic E-state index is -0.196. The highest BCUT2D eigenvalue weighted by molar-refractivity contribution is 5.96. The first kappa shape index (κ1) is 19.4. The number of nitrogens with zero attached hydrogens (tertiary/aromatic N) is 2. The van der Waals surface area contributed by atoms with E-state index in [0.717, 1.165) is 5.56 Å². The van der Waals surface area contributed by atoms with Gasteiger partial charge in [0, 0.05) is 25.4 Å². The number of aromatic nitrogens is 1. The fourth-order valence-corrected chi connectivity index (χ4v) is 2.63. The summed E-state index contributed by atoms with van der Waals surface area (Å²) in [5.74, 6) is 1.71. The van der Waals surface area contributed by atoms with Crippen molar-refractivity contribution in [3.05, 3.63) is 41.6 Å². The minimum absolute atomic E-state index is 0.196. The third-order valence-corrected chi connectivity index (χ3v) is 3.82. The molecular weight excluding hydrogens is 336 g/mol. The maximum absolute atomic E-state index is 12.8. The van der Waals surface area contributed by atoms with Gasteiger partial charge in [0.1, 0.15) is 5.56 Å². The number of ether oxygens (including phenoxy) is 4. The largest absolute Gasteiger partial charge is 0.493 e. The topological polar surface area (TPSA) is 70.1 Å². The Kier molecular flexibility index (Phi) is 6.66. The Balaban J connectivity index is 2.30. The second-order valence-corrected chi connectivity index (χ2v) is 5.44. The Bertz CT molecular complexity index is 764. The van der Waals surface area contributed by atoms with Gasteiger partial charge < -0.3 is 23.8 Å². The predicted octanol–water partition coefficient (Wildman–Crippen LogP) is 2.78. The van der Waals surface area contributed by atoms with E-state index in [9.17, 15) is 4.79 Å². The van der Waals surface area contributed by atoms with E-state index in [4.69, 9.17) is 18.9 Å². The first-order valence-electron chi connectivity index (χ1n) is 8.18. The Morgan fingerprint density at radius 2 is 1.81 bits per heavy atom. The van der Waals surface area contributed by atoms with E-state index in [0.29, 0.717) is 41.8 Å². The molecule has 140 valence electrons. The Morgan fingerprint density at radius 3 is 2.42 bits per heavy atom. The summed E-state index contributed by atoms with van der Waals surface area (Å²) >= 11 is 0. The second kappa shape index (κ2) is 8.94.